The monoisotopic (exact) mass is 247 g/mol. The SMILES string of the molecule is C[C@H](N)c1ccccc1N(C)CCN1CCCC1. The van der Waals surface area contributed by atoms with Crippen LogP contribution in [0, 0.1) is 0 Å². The molecule has 2 rings (SSSR count). The summed E-state index contributed by atoms with van der Waals surface area (Å²) in [5.74, 6) is 0. The second kappa shape index (κ2) is 6.21. The standard InChI is InChI=1S/C15H25N3/c1-13(16)14-7-3-4-8-15(14)17(2)11-12-18-9-5-6-10-18/h3-4,7-8,13H,5-6,9-12,16H2,1-2H3/t13-/m0/s1. The van der Waals surface area contributed by atoms with Crippen LogP contribution in [0.1, 0.15) is 31.4 Å². The Labute approximate surface area is 111 Å². The fourth-order valence-corrected chi connectivity index (χ4v) is 2.64. The topological polar surface area (TPSA) is 32.5 Å². The van der Waals surface area contributed by atoms with Crippen LogP contribution in [-0.4, -0.2) is 38.1 Å². The number of nitrogens with zero attached hydrogens (tertiary/aromatic N) is 2. The van der Waals surface area contributed by atoms with Gasteiger partial charge >= 0.3 is 0 Å². The normalized spacial score (nSPS) is 17.9. The first-order chi connectivity index (χ1) is 8.68. The third-order valence-electron chi connectivity index (χ3n) is 3.79. The molecule has 0 amide bonds. The summed E-state index contributed by atoms with van der Waals surface area (Å²) in [7, 11) is 2.16. The average Bonchev–Trinajstić information content (AvgIpc) is 2.89. The Kier molecular flexibility index (Phi) is 4.61. The molecule has 18 heavy (non-hydrogen) atoms. The summed E-state index contributed by atoms with van der Waals surface area (Å²) in [6.45, 7) is 6.81. The molecule has 1 atom stereocenters. The highest BCUT2D eigenvalue weighted by atomic mass is 15.2. The number of anilines is 1. The Hall–Kier alpha value is -1.06. The number of para-hydroxylation sites is 1. The molecule has 1 saturated heterocycles. The molecular weight excluding hydrogens is 222 g/mol. The minimum absolute atomic E-state index is 0.0930. The Bertz CT molecular complexity index is 370. The van der Waals surface area contributed by atoms with Gasteiger partial charge < -0.3 is 15.5 Å². The molecule has 0 unspecified atom stereocenters. The van der Waals surface area contributed by atoms with Crippen molar-refractivity contribution in [1.29, 1.82) is 0 Å². The van der Waals surface area contributed by atoms with Crippen LogP contribution >= 0.6 is 0 Å². The third-order valence-corrected chi connectivity index (χ3v) is 3.79. The molecule has 0 aromatic heterocycles. The van der Waals surface area contributed by atoms with Crippen molar-refractivity contribution >= 4 is 5.69 Å². The van der Waals surface area contributed by atoms with Crippen LogP contribution in [0.2, 0.25) is 0 Å². The largest absolute Gasteiger partial charge is 0.373 e. The molecule has 1 aliphatic rings. The van der Waals surface area contributed by atoms with Gasteiger partial charge in [-0.15, -0.1) is 0 Å². The van der Waals surface area contributed by atoms with Gasteiger partial charge in [-0.3, -0.25) is 0 Å². The number of rotatable bonds is 5. The fraction of sp³-hybridized carbons (Fsp3) is 0.600. The number of benzene rings is 1. The minimum atomic E-state index is 0.0930. The molecule has 1 heterocycles. The maximum Gasteiger partial charge on any atom is 0.0412 e. The van der Waals surface area contributed by atoms with Gasteiger partial charge in [0.2, 0.25) is 0 Å². The molecular formula is C15H25N3. The van der Waals surface area contributed by atoms with Gasteiger partial charge in [0.15, 0.2) is 0 Å². The van der Waals surface area contributed by atoms with Crippen molar-refractivity contribution in [1.82, 2.24) is 4.90 Å². The van der Waals surface area contributed by atoms with Crippen LogP contribution in [-0.2, 0) is 0 Å². The molecule has 0 radical (unpaired) electrons. The van der Waals surface area contributed by atoms with Crippen LogP contribution in [0.25, 0.3) is 0 Å². The second-order valence-electron chi connectivity index (χ2n) is 5.32. The number of likely N-dealkylation sites (N-methyl/N-ethyl adjacent to an activating group) is 1. The molecule has 0 saturated carbocycles. The number of nitrogens with two attached hydrogens (primary N) is 1. The lowest BCUT2D eigenvalue weighted by molar-refractivity contribution is 0.346. The maximum absolute atomic E-state index is 6.03. The smallest absolute Gasteiger partial charge is 0.0412 e. The van der Waals surface area contributed by atoms with Gasteiger partial charge in [-0.05, 0) is 44.5 Å². The second-order valence-corrected chi connectivity index (χ2v) is 5.32. The number of hydrogen-bond acceptors (Lipinski definition) is 3. The van der Waals surface area contributed by atoms with Crippen LogP contribution in [0.5, 0.6) is 0 Å². The summed E-state index contributed by atoms with van der Waals surface area (Å²) < 4.78 is 0. The molecule has 1 aromatic carbocycles. The van der Waals surface area contributed by atoms with E-state index in [-0.39, 0.29) is 6.04 Å². The summed E-state index contributed by atoms with van der Waals surface area (Å²) in [4.78, 5) is 4.88. The summed E-state index contributed by atoms with van der Waals surface area (Å²) in [5.41, 5.74) is 8.54. The quantitative estimate of drug-likeness (QED) is 0.866. The first-order valence-electron chi connectivity index (χ1n) is 6.96. The summed E-state index contributed by atoms with van der Waals surface area (Å²) in [6, 6.07) is 8.55. The van der Waals surface area contributed by atoms with Crippen molar-refractivity contribution in [2.45, 2.75) is 25.8 Å². The molecule has 3 nitrogen and oxygen atoms in total. The van der Waals surface area contributed by atoms with Crippen molar-refractivity contribution in [2.75, 3.05) is 38.1 Å². The predicted molar refractivity (Wildman–Crippen MR) is 78.0 cm³/mol. The van der Waals surface area contributed by atoms with Gasteiger partial charge in [-0.2, -0.15) is 0 Å². The Morgan fingerprint density at radius 3 is 2.61 bits per heavy atom. The van der Waals surface area contributed by atoms with E-state index in [2.05, 4.69) is 41.1 Å². The van der Waals surface area contributed by atoms with E-state index < -0.39 is 0 Å². The highest BCUT2D eigenvalue weighted by Crippen LogP contribution is 2.23. The van der Waals surface area contributed by atoms with Gasteiger partial charge in [-0.25, -0.2) is 0 Å². The molecule has 100 valence electrons. The van der Waals surface area contributed by atoms with E-state index in [9.17, 15) is 0 Å². The van der Waals surface area contributed by atoms with E-state index in [0.717, 1.165) is 13.1 Å². The van der Waals surface area contributed by atoms with Gasteiger partial charge in [0.25, 0.3) is 0 Å². The van der Waals surface area contributed by atoms with Crippen LogP contribution in [0.15, 0.2) is 24.3 Å². The predicted octanol–water partition coefficient (Wildman–Crippen LogP) is 2.24. The fourth-order valence-electron chi connectivity index (χ4n) is 2.64. The number of likely N-dealkylation sites (tertiary alicyclic amines) is 1. The molecule has 1 fully saturated rings. The zero-order chi connectivity index (χ0) is 13.0. The molecule has 1 aromatic rings. The van der Waals surface area contributed by atoms with Crippen molar-refractivity contribution in [3.8, 4) is 0 Å². The van der Waals surface area contributed by atoms with Crippen LogP contribution in [0.4, 0.5) is 5.69 Å². The van der Waals surface area contributed by atoms with E-state index in [0.29, 0.717) is 0 Å². The zero-order valence-electron chi connectivity index (χ0n) is 11.6. The minimum Gasteiger partial charge on any atom is -0.373 e. The van der Waals surface area contributed by atoms with Crippen molar-refractivity contribution in [3.05, 3.63) is 29.8 Å². The van der Waals surface area contributed by atoms with Crippen molar-refractivity contribution < 1.29 is 0 Å². The Balaban J connectivity index is 1.97. The average molecular weight is 247 g/mol. The first kappa shape index (κ1) is 13.4. The van der Waals surface area contributed by atoms with Gasteiger partial charge in [0.1, 0.15) is 0 Å². The molecule has 1 aliphatic heterocycles. The summed E-state index contributed by atoms with van der Waals surface area (Å²) in [5, 5.41) is 0. The molecule has 0 bridgehead atoms. The lowest BCUT2D eigenvalue weighted by atomic mass is 10.1. The highest BCUT2D eigenvalue weighted by Gasteiger charge is 2.14. The van der Waals surface area contributed by atoms with E-state index in [1.54, 1.807) is 0 Å². The molecule has 0 spiro atoms. The molecule has 2 N–H and O–H groups in total. The summed E-state index contributed by atoms with van der Waals surface area (Å²) in [6.07, 6.45) is 2.72. The van der Waals surface area contributed by atoms with Crippen molar-refractivity contribution in [3.63, 3.8) is 0 Å². The highest BCUT2D eigenvalue weighted by molar-refractivity contribution is 5.54. The van der Waals surface area contributed by atoms with Gasteiger partial charge in [0.05, 0.1) is 0 Å². The van der Waals surface area contributed by atoms with Crippen molar-refractivity contribution in [2.24, 2.45) is 5.73 Å². The first-order valence-corrected chi connectivity index (χ1v) is 6.96. The molecule has 3 heteroatoms. The summed E-state index contributed by atoms with van der Waals surface area (Å²) >= 11 is 0. The van der Waals surface area contributed by atoms with Gasteiger partial charge in [0, 0.05) is 31.9 Å². The lowest BCUT2D eigenvalue weighted by Gasteiger charge is -2.26. The number of hydrogen-bond donors (Lipinski definition) is 1. The van der Waals surface area contributed by atoms with E-state index in [4.69, 9.17) is 5.73 Å². The lowest BCUT2D eigenvalue weighted by Crippen LogP contribution is -2.32. The van der Waals surface area contributed by atoms with E-state index in [1.165, 1.54) is 37.2 Å². The maximum atomic E-state index is 6.03. The third kappa shape index (κ3) is 3.24. The zero-order valence-corrected chi connectivity index (χ0v) is 11.6. The Morgan fingerprint density at radius 1 is 1.28 bits per heavy atom. The van der Waals surface area contributed by atoms with Crippen LogP contribution in [0.3, 0.4) is 0 Å². The van der Waals surface area contributed by atoms with Gasteiger partial charge in [-0.1, -0.05) is 18.2 Å². The van der Waals surface area contributed by atoms with Crippen LogP contribution < -0.4 is 10.6 Å². The molecule has 0 aliphatic carbocycles. The Morgan fingerprint density at radius 2 is 1.94 bits per heavy atom. The van der Waals surface area contributed by atoms with E-state index in [1.807, 2.05) is 6.92 Å². The van der Waals surface area contributed by atoms with E-state index >= 15 is 0 Å².